The summed E-state index contributed by atoms with van der Waals surface area (Å²) < 4.78 is 10.8. The van der Waals surface area contributed by atoms with Gasteiger partial charge < -0.3 is 14.8 Å². The van der Waals surface area contributed by atoms with Crippen LogP contribution in [0.25, 0.3) is 22.2 Å². The topological polar surface area (TPSA) is 94.6 Å². The van der Waals surface area contributed by atoms with E-state index < -0.39 is 23.9 Å². The van der Waals surface area contributed by atoms with Gasteiger partial charge in [-0.2, -0.15) is 0 Å². The van der Waals surface area contributed by atoms with Gasteiger partial charge in [0.15, 0.2) is 0 Å². The van der Waals surface area contributed by atoms with Crippen molar-refractivity contribution in [3.05, 3.63) is 81.2 Å². The third-order valence-electron chi connectivity index (χ3n) is 5.56. The molecule has 4 aromatic rings. The Bertz CT molecular complexity index is 1540. The summed E-state index contributed by atoms with van der Waals surface area (Å²) in [5.41, 5.74) is 2.67. The summed E-state index contributed by atoms with van der Waals surface area (Å²) in [6.07, 6.45) is -0.738. The molecule has 9 heteroatoms. The van der Waals surface area contributed by atoms with Crippen molar-refractivity contribution in [2.45, 2.75) is 46.8 Å². The highest BCUT2D eigenvalue weighted by molar-refractivity contribution is 7.18. The van der Waals surface area contributed by atoms with Crippen molar-refractivity contribution < 1.29 is 23.9 Å². The summed E-state index contributed by atoms with van der Waals surface area (Å²) in [5, 5.41) is 4.18. The van der Waals surface area contributed by atoms with Gasteiger partial charge in [0.1, 0.15) is 9.88 Å². The van der Waals surface area contributed by atoms with E-state index in [1.165, 1.54) is 0 Å². The first kappa shape index (κ1) is 27.3. The number of aromatic nitrogens is 1. The SMILES string of the molecule is Cc1c(C(=O)OC(C)C)sc(NC(=O)c2cc(-c3ccccc3Cl)nc3ccccc23)c1C(=O)OC(C)C. The number of thiophene rings is 1. The van der Waals surface area contributed by atoms with E-state index in [0.717, 1.165) is 11.3 Å². The highest BCUT2D eigenvalue weighted by Crippen LogP contribution is 2.36. The van der Waals surface area contributed by atoms with Crippen LogP contribution in [0.5, 0.6) is 0 Å². The number of anilines is 1. The van der Waals surface area contributed by atoms with E-state index in [9.17, 15) is 14.4 Å². The maximum absolute atomic E-state index is 13.7. The molecule has 2 aromatic carbocycles. The fourth-order valence-corrected chi connectivity index (χ4v) is 5.23. The van der Waals surface area contributed by atoms with Gasteiger partial charge in [-0.1, -0.05) is 48.0 Å². The zero-order valence-electron chi connectivity index (χ0n) is 21.6. The largest absolute Gasteiger partial charge is 0.459 e. The van der Waals surface area contributed by atoms with Crippen molar-refractivity contribution in [1.29, 1.82) is 0 Å². The second-order valence-electron chi connectivity index (χ2n) is 9.17. The third kappa shape index (κ3) is 5.71. The highest BCUT2D eigenvalue weighted by Gasteiger charge is 2.29. The van der Waals surface area contributed by atoms with E-state index in [4.69, 9.17) is 26.1 Å². The van der Waals surface area contributed by atoms with Crippen LogP contribution in [0, 0.1) is 6.92 Å². The van der Waals surface area contributed by atoms with Crippen LogP contribution in [0.2, 0.25) is 5.02 Å². The molecule has 0 fully saturated rings. The van der Waals surface area contributed by atoms with Crippen LogP contribution in [0.3, 0.4) is 0 Å². The van der Waals surface area contributed by atoms with Crippen molar-refractivity contribution in [2.24, 2.45) is 0 Å². The van der Waals surface area contributed by atoms with Crippen molar-refractivity contribution in [3.63, 3.8) is 0 Å². The lowest BCUT2D eigenvalue weighted by Crippen LogP contribution is -2.17. The Labute approximate surface area is 229 Å². The zero-order chi connectivity index (χ0) is 27.6. The smallest absolute Gasteiger partial charge is 0.348 e. The van der Waals surface area contributed by atoms with Gasteiger partial charge in [-0.15, -0.1) is 11.3 Å². The minimum absolute atomic E-state index is 0.123. The van der Waals surface area contributed by atoms with E-state index in [-0.39, 0.29) is 21.5 Å². The predicted octanol–water partition coefficient (Wildman–Crippen LogP) is 7.31. The molecule has 2 aromatic heterocycles. The number of amides is 1. The number of carbonyl (C=O) groups is 3. The number of rotatable bonds is 7. The normalized spacial score (nSPS) is 11.2. The second kappa shape index (κ2) is 11.3. The summed E-state index contributed by atoms with van der Waals surface area (Å²) in [6, 6.07) is 16.2. The number of hydrogen-bond donors (Lipinski definition) is 1. The molecule has 0 bridgehead atoms. The summed E-state index contributed by atoms with van der Waals surface area (Å²) in [5.74, 6) is -1.68. The molecule has 1 N–H and O–H groups in total. The van der Waals surface area contributed by atoms with Gasteiger partial charge in [0.25, 0.3) is 5.91 Å². The highest BCUT2D eigenvalue weighted by atomic mass is 35.5. The molecule has 0 aliphatic rings. The number of fused-ring (bicyclic) bond motifs is 1. The Morgan fingerprint density at radius 2 is 1.55 bits per heavy atom. The molecular formula is C29H27ClN2O5S. The van der Waals surface area contributed by atoms with Crippen LogP contribution in [0.15, 0.2) is 54.6 Å². The minimum atomic E-state index is -0.635. The number of esters is 2. The fourth-order valence-electron chi connectivity index (χ4n) is 3.92. The maximum Gasteiger partial charge on any atom is 0.348 e. The van der Waals surface area contributed by atoms with E-state index in [2.05, 4.69) is 5.32 Å². The Morgan fingerprint density at radius 3 is 2.24 bits per heavy atom. The van der Waals surface area contributed by atoms with Gasteiger partial charge in [-0.3, -0.25) is 4.79 Å². The Balaban J connectivity index is 1.81. The van der Waals surface area contributed by atoms with Gasteiger partial charge in [-0.05, 0) is 58.4 Å². The molecule has 0 saturated heterocycles. The number of hydrogen-bond acceptors (Lipinski definition) is 7. The van der Waals surface area contributed by atoms with Crippen LogP contribution in [0.4, 0.5) is 5.00 Å². The van der Waals surface area contributed by atoms with Gasteiger partial charge >= 0.3 is 11.9 Å². The first-order chi connectivity index (χ1) is 18.1. The molecule has 4 rings (SSSR count). The number of benzene rings is 2. The lowest BCUT2D eigenvalue weighted by molar-refractivity contribution is 0.0378. The maximum atomic E-state index is 13.7. The average Bonchev–Trinajstić information content (AvgIpc) is 3.18. The molecule has 0 aliphatic carbocycles. The molecule has 0 aliphatic heterocycles. The van der Waals surface area contributed by atoms with Crippen molar-refractivity contribution in [2.75, 3.05) is 5.32 Å². The predicted molar refractivity (Wildman–Crippen MR) is 150 cm³/mol. The van der Waals surface area contributed by atoms with Crippen molar-refractivity contribution >= 4 is 56.7 Å². The standard InChI is InChI=1S/C29H27ClN2O5S/c1-15(2)36-28(34)24-17(5)25(29(35)37-16(3)4)38-27(24)32-26(33)20-14-23(19-11-6-8-12-21(19)30)31-22-13-9-7-10-18(20)22/h6-16H,1-5H3,(H,32,33). The number of nitrogens with one attached hydrogen (secondary N) is 1. The molecule has 196 valence electrons. The number of nitrogens with zero attached hydrogens (tertiary/aromatic N) is 1. The molecule has 0 saturated carbocycles. The average molecular weight is 551 g/mol. The molecule has 1 amide bonds. The number of carbonyl (C=O) groups excluding carboxylic acids is 3. The van der Waals surface area contributed by atoms with Crippen molar-refractivity contribution in [1.82, 2.24) is 4.98 Å². The fraction of sp³-hybridized carbons (Fsp3) is 0.241. The van der Waals surface area contributed by atoms with E-state index >= 15 is 0 Å². The quantitative estimate of drug-likeness (QED) is 0.242. The number of para-hydroxylation sites is 1. The van der Waals surface area contributed by atoms with Gasteiger partial charge in [0.05, 0.1) is 34.5 Å². The van der Waals surface area contributed by atoms with Crippen LogP contribution < -0.4 is 5.32 Å². The number of ether oxygens (including phenoxy) is 2. The molecule has 0 unspecified atom stereocenters. The summed E-state index contributed by atoms with van der Waals surface area (Å²) in [7, 11) is 0. The summed E-state index contributed by atoms with van der Waals surface area (Å²) >= 11 is 7.40. The number of pyridine rings is 1. The van der Waals surface area contributed by atoms with Gasteiger partial charge in [-0.25, -0.2) is 14.6 Å². The van der Waals surface area contributed by atoms with E-state index in [1.807, 2.05) is 36.4 Å². The lowest BCUT2D eigenvalue weighted by Gasteiger charge is -2.12. The molecule has 0 spiro atoms. The molecule has 38 heavy (non-hydrogen) atoms. The first-order valence-corrected chi connectivity index (χ1v) is 13.3. The molecule has 0 radical (unpaired) electrons. The molecule has 7 nitrogen and oxygen atoms in total. The zero-order valence-corrected chi connectivity index (χ0v) is 23.2. The lowest BCUT2D eigenvalue weighted by atomic mass is 10.0. The molecule has 2 heterocycles. The summed E-state index contributed by atoms with van der Waals surface area (Å²) in [4.78, 5) is 44.4. The van der Waals surface area contributed by atoms with E-state index in [0.29, 0.717) is 38.3 Å². The summed E-state index contributed by atoms with van der Waals surface area (Å²) in [6.45, 7) is 8.57. The van der Waals surface area contributed by atoms with Crippen LogP contribution in [-0.2, 0) is 9.47 Å². The van der Waals surface area contributed by atoms with Crippen LogP contribution in [0.1, 0.15) is 63.6 Å². The Hall–Kier alpha value is -3.75. The number of halogens is 1. The molecule has 0 atom stereocenters. The first-order valence-electron chi connectivity index (χ1n) is 12.1. The van der Waals surface area contributed by atoms with E-state index in [1.54, 1.807) is 52.8 Å². The minimum Gasteiger partial charge on any atom is -0.459 e. The third-order valence-corrected chi connectivity index (χ3v) is 7.08. The molecular weight excluding hydrogens is 524 g/mol. The van der Waals surface area contributed by atoms with Crippen molar-refractivity contribution in [3.8, 4) is 11.3 Å². The monoisotopic (exact) mass is 550 g/mol. The second-order valence-corrected chi connectivity index (χ2v) is 10.6. The van der Waals surface area contributed by atoms with Crippen LogP contribution >= 0.6 is 22.9 Å². The van der Waals surface area contributed by atoms with Gasteiger partial charge in [0, 0.05) is 16.0 Å². The van der Waals surface area contributed by atoms with Gasteiger partial charge in [0.2, 0.25) is 0 Å². The Kier molecular flexibility index (Phi) is 8.14. The van der Waals surface area contributed by atoms with Crippen LogP contribution in [-0.4, -0.2) is 35.0 Å². The Morgan fingerprint density at radius 1 is 0.921 bits per heavy atom.